The Labute approximate surface area is 72.7 Å². The van der Waals surface area contributed by atoms with Crippen LogP contribution in [-0.2, 0) is 4.79 Å². The number of amides is 1. The lowest BCUT2D eigenvalue weighted by molar-refractivity contribution is -0.142. The molecule has 4 N–H and O–H groups in total. The van der Waals surface area contributed by atoms with E-state index in [1.165, 1.54) is 0 Å². The van der Waals surface area contributed by atoms with E-state index in [1.54, 1.807) is 0 Å². The normalized spacial score (nSPS) is 33.4. The third-order valence-corrected chi connectivity index (χ3v) is 1.99. The Morgan fingerprint density at radius 2 is 2.00 bits per heavy atom. The first-order valence-corrected chi connectivity index (χ1v) is 3.57. The second-order valence-electron chi connectivity index (χ2n) is 2.81. The molecule has 0 aromatic carbocycles. The smallest absolute Gasteiger partial charge is 0.408 e. The van der Waals surface area contributed by atoms with Gasteiger partial charge in [0, 0.05) is 0 Å². The average Bonchev–Trinajstić information content (AvgIpc) is 2.28. The quantitative estimate of drug-likeness (QED) is 0.499. The Kier molecular flexibility index (Phi) is 2.37. The summed E-state index contributed by atoms with van der Waals surface area (Å²) in [7, 11) is 0. The van der Waals surface area contributed by atoms with E-state index < -0.39 is 36.9 Å². The maximum absolute atomic E-state index is 12.8. The number of hydrogen-bond donors (Lipinski definition) is 3. The minimum Gasteiger partial charge on any atom is -0.480 e. The van der Waals surface area contributed by atoms with E-state index in [-0.39, 0.29) is 0 Å². The van der Waals surface area contributed by atoms with Crippen LogP contribution in [0.25, 0.3) is 0 Å². The highest BCUT2D eigenvalue weighted by atomic mass is 19.1. The molecule has 3 atom stereocenters. The van der Waals surface area contributed by atoms with Crippen molar-refractivity contribution in [2.24, 2.45) is 5.73 Å². The predicted octanol–water partition coefficient (Wildman–Crippen LogP) is -0.901. The number of aliphatic carboxylic acids is 1. The minimum absolute atomic E-state index is 0.479. The summed E-state index contributed by atoms with van der Waals surface area (Å²) in [6, 6.07) is -2.76. The van der Waals surface area contributed by atoms with Crippen molar-refractivity contribution in [1.82, 2.24) is 4.90 Å². The van der Waals surface area contributed by atoms with Crippen LogP contribution in [0.3, 0.4) is 0 Å². The van der Waals surface area contributed by atoms with Crippen LogP contribution in [0.2, 0.25) is 0 Å². The monoisotopic (exact) mass is 192 g/mol. The molecule has 0 aliphatic carbocycles. The molecule has 6 nitrogen and oxygen atoms in total. The Morgan fingerprint density at radius 3 is 2.31 bits per heavy atom. The number of nitrogens with zero attached hydrogens (tertiary/aromatic N) is 1. The third-order valence-electron chi connectivity index (χ3n) is 1.99. The Morgan fingerprint density at radius 1 is 1.46 bits per heavy atom. The summed E-state index contributed by atoms with van der Waals surface area (Å²) in [6.07, 6.45) is -3.08. The van der Waals surface area contributed by atoms with E-state index in [0.717, 1.165) is 0 Å². The summed E-state index contributed by atoms with van der Waals surface area (Å²) in [5.74, 6) is -1.42. The van der Waals surface area contributed by atoms with Gasteiger partial charge in [-0.3, -0.25) is 4.90 Å². The molecule has 1 rings (SSSR count). The van der Waals surface area contributed by atoms with Gasteiger partial charge in [-0.25, -0.2) is 14.0 Å². The number of halogens is 1. The van der Waals surface area contributed by atoms with Crippen LogP contribution in [0.4, 0.5) is 9.18 Å². The second kappa shape index (κ2) is 3.17. The number of nitrogens with two attached hydrogens (primary N) is 1. The van der Waals surface area contributed by atoms with Crippen molar-refractivity contribution >= 4 is 12.1 Å². The largest absolute Gasteiger partial charge is 0.480 e. The molecule has 1 aliphatic heterocycles. The van der Waals surface area contributed by atoms with Gasteiger partial charge >= 0.3 is 12.1 Å². The van der Waals surface area contributed by atoms with Gasteiger partial charge in [0.25, 0.3) is 0 Å². The molecule has 1 fully saturated rings. The highest BCUT2D eigenvalue weighted by Crippen LogP contribution is 2.19. The molecule has 0 unspecified atom stereocenters. The molecule has 0 radical (unpaired) electrons. The molecule has 1 aliphatic rings. The summed E-state index contributed by atoms with van der Waals surface area (Å²) < 4.78 is 12.8. The first kappa shape index (κ1) is 9.72. The highest BCUT2D eigenvalue weighted by molar-refractivity contribution is 5.81. The van der Waals surface area contributed by atoms with Crippen LogP contribution in [0.15, 0.2) is 0 Å². The first-order valence-electron chi connectivity index (χ1n) is 3.57. The maximum Gasteiger partial charge on any atom is 0.408 e. The third kappa shape index (κ3) is 1.55. The van der Waals surface area contributed by atoms with E-state index in [2.05, 4.69) is 0 Å². The fourth-order valence-electron chi connectivity index (χ4n) is 1.32. The van der Waals surface area contributed by atoms with Crippen LogP contribution in [0, 0.1) is 0 Å². The van der Waals surface area contributed by atoms with Gasteiger partial charge < -0.3 is 15.9 Å². The number of rotatable bonds is 1. The molecule has 13 heavy (non-hydrogen) atoms. The molecular formula is C6H9FN2O4. The summed E-state index contributed by atoms with van der Waals surface area (Å²) in [5, 5.41) is 17.1. The van der Waals surface area contributed by atoms with Crippen LogP contribution in [-0.4, -0.2) is 52.0 Å². The molecule has 0 saturated carbocycles. The number of likely N-dealkylation sites (tertiary alicyclic amines) is 1. The summed E-state index contributed by atoms with van der Waals surface area (Å²) in [5.41, 5.74) is 5.19. The molecule has 7 heteroatoms. The fourth-order valence-corrected chi connectivity index (χ4v) is 1.32. The van der Waals surface area contributed by atoms with Crippen LogP contribution in [0.1, 0.15) is 0 Å². The van der Waals surface area contributed by atoms with Crippen molar-refractivity contribution in [3.8, 4) is 0 Å². The van der Waals surface area contributed by atoms with Crippen LogP contribution in [0.5, 0.6) is 0 Å². The molecular weight excluding hydrogens is 183 g/mol. The SMILES string of the molecule is N[C@H]1[C@@H](C(=O)O)N(C(=O)O)C[C@@H]1F. The zero-order chi connectivity index (χ0) is 10.2. The van der Waals surface area contributed by atoms with Crippen molar-refractivity contribution in [2.45, 2.75) is 18.3 Å². The second-order valence-corrected chi connectivity index (χ2v) is 2.81. The van der Waals surface area contributed by atoms with Crippen molar-refractivity contribution < 1.29 is 24.2 Å². The van der Waals surface area contributed by atoms with Gasteiger partial charge in [-0.2, -0.15) is 0 Å². The van der Waals surface area contributed by atoms with Gasteiger partial charge in [-0.15, -0.1) is 0 Å². The van der Waals surface area contributed by atoms with Gasteiger partial charge in [-0.05, 0) is 0 Å². The Balaban J connectivity index is 2.86. The number of carboxylic acid groups (broad SMARTS) is 2. The van der Waals surface area contributed by atoms with Crippen molar-refractivity contribution in [2.75, 3.05) is 6.54 Å². The van der Waals surface area contributed by atoms with Crippen LogP contribution < -0.4 is 5.73 Å². The topological polar surface area (TPSA) is 104 Å². The molecule has 1 saturated heterocycles. The lowest BCUT2D eigenvalue weighted by Gasteiger charge is -2.18. The number of alkyl halides is 1. The molecule has 0 aromatic rings. The molecule has 0 spiro atoms. The number of carbonyl (C=O) groups is 2. The predicted molar refractivity (Wildman–Crippen MR) is 39.0 cm³/mol. The zero-order valence-electron chi connectivity index (χ0n) is 6.55. The average molecular weight is 192 g/mol. The van der Waals surface area contributed by atoms with Crippen molar-refractivity contribution in [3.05, 3.63) is 0 Å². The van der Waals surface area contributed by atoms with E-state index in [4.69, 9.17) is 15.9 Å². The van der Waals surface area contributed by atoms with E-state index in [1.807, 2.05) is 0 Å². The van der Waals surface area contributed by atoms with Crippen LogP contribution >= 0.6 is 0 Å². The molecule has 1 amide bonds. The maximum atomic E-state index is 12.8. The lowest BCUT2D eigenvalue weighted by Crippen LogP contribution is -2.48. The van der Waals surface area contributed by atoms with E-state index >= 15 is 0 Å². The first-order chi connectivity index (χ1) is 5.95. The standard InChI is InChI=1S/C6H9FN2O4/c7-2-1-9(6(12)13)4(3(2)8)5(10)11/h2-4H,1,8H2,(H,10,11)(H,12,13)/t2-,3+,4-/m0/s1. The Bertz CT molecular complexity index is 247. The number of hydrogen-bond acceptors (Lipinski definition) is 3. The summed E-state index contributed by atoms with van der Waals surface area (Å²) in [6.45, 7) is -0.479. The summed E-state index contributed by atoms with van der Waals surface area (Å²) >= 11 is 0. The van der Waals surface area contributed by atoms with Gasteiger partial charge in [0.1, 0.15) is 6.17 Å². The Hall–Kier alpha value is -1.37. The van der Waals surface area contributed by atoms with Gasteiger partial charge in [0.2, 0.25) is 0 Å². The van der Waals surface area contributed by atoms with E-state index in [0.29, 0.717) is 4.90 Å². The highest BCUT2D eigenvalue weighted by Gasteiger charge is 2.46. The van der Waals surface area contributed by atoms with Crippen molar-refractivity contribution in [1.29, 1.82) is 0 Å². The number of carboxylic acids is 1. The molecule has 0 bridgehead atoms. The zero-order valence-corrected chi connectivity index (χ0v) is 6.55. The molecule has 74 valence electrons. The minimum atomic E-state index is -1.61. The van der Waals surface area contributed by atoms with Gasteiger partial charge in [0.15, 0.2) is 6.04 Å². The van der Waals surface area contributed by atoms with Gasteiger partial charge in [-0.1, -0.05) is 0 Å². The van der Waals surface area contributed by atoms with E-state index in [9.17, 15) is 14.0 Å². The molecule has 1 heterocycles. The fraction of sp³-hybridized carbons (Fsp3) is 0.667. The van der Waals surface area contributed by atoms with Gasteiger partial charge in [0.05, 0.1) is 12.6 Å². The summed E-state index contributed by atoms with van der Waals surface area (Å²) in [4.78, 5) is 21.5. The lowest BCUT2D eigenvalue weighted by atomic mass is 10.1. The molecule has 0 aromatic heterocycles. The van der Waals surface area contributed by atoms with Crippen molar-refractivity contribution in [3.63, 3.8) is 0 Å².